The zero-order chi connectivity index (χ0) is 30.0. The number of aliphatic carboxylic acids is 1. The van der Waals surface area contributed by atoms with Crippen molar-refractivity contribution in [3.05, 3.63) is 40.5 Å². The van der Waals surface area contributed by atoms with Crippen LogP contribution in [0.25, 0.3) is 17.4 Å². The van der Waals surface area contributed by atoms with Crippen LogP contribution >= 0.6 is 24.0 Å². The number of ether oxygens (including phenoxy) is 2. The Balaban J connectivity index is 1.38. The van der Waals surface area contributed by atoms with Gasteiger partial charge in [0.2, 0.25) is 5.91 Å². The number of furan rings is 1. The van der Waals surface area contributed by atoms with E-state index in [4.69, 9.17) is 36.9 Å². The van der Waals surface area contributed by atoms with Gasteiger partial charge in [-0.1, -0.05) is 30.4 Å². The van der Waals surface area contributed by atoms with E-state index >= 15 is 0 Å². The maximum Gasteiger partial charge on any atom is 0.305 e. The molecule has 1 saturated heterocycles. The molecule has 1 aromatic heterocycles. The normalized spacial score (nSPS) is 23.1. The second-order valence-corrected chi connectivity index (χ2v) is 12.6. The molecule has 5 rings (SSSR count). The third kappa shape index (κ3) is 6.35. The molecule has 2 heterocycles. The Morgan fingerprint density at radius 1 is 1.26 bits per heavy atom. The number of methoxy groups -OCH3 is 2. The Morgan fingerprint density at radius 3 is 2.74 bits per heavy atom. The molecule has 2 bridgehead atoms. The van der Waals surface area contributed by atoms with Gasteiger partial charge in [0.15, 0.2) is 0 Å². The fourth-order valence-corrected chi connectivity index (χ4v) is 7.55. The molecule has 0 unspecified atom stereocenters. The summed E-state index contributed by atoms with van der Waals surface area (Å²) in [7, 11) is 3.15. The number of carboxylic acids is 1. The lowest BCUT2D eigenvalue weighted by Crippen LogP contribution is -2.42. The van der Waals surface area contributed by atoms with E-state index in [1.165, 1.54) is 24.6 Å². The quantitative estimate of drug-likeness (QED) is 0.181. The lowest BCUT2D eigenvalue weighted by Gasteiger charge is -2.30. The summed E-state index contributed by atoms with van der Waals surface area (Å²) in [5.41, 5.74) is 7.23. The van der Waals surface area contributed by atoms with Gasteiger partial charge in [0.1, 0.15) is 27.3 Å². The summed E-state index contributed by atoms with van der Waals surface area (Å²) in [6.45, 7) is 0.296. The number of carbonyl (C=O) groups is 3. The highest BCUT2D eigenvalue weighted by atomic mass is 32.2. The molecule has 12 heteroatoms. The van der Waals surface area contributed by atoms with E-state index in [1.54, 1.807) is 26.4 Å². The highest BCUT2D eigenvalue weighted by Gasteiger charge is 2.48. The number of rotatable bonds is 12. The van der Waals surface area contributed by atoms with Crippen molar-refractivity contribution in [2.45, 2.75) is 57.0 Å². The first-order valence-corrected chi connectivity index (χ1v) is 15.3. The summed E-state index contributed by atoms with van der Waals surface area (Å²) in [6.07, 6.45) is 6.97. The molecule has 2 aliphatic carbocycles. The van der Waals surface area contributed by atoms with Gasteiger partial charge < -0.3 is 30.0 Å². The minimum absolute atomic E-state index is 0.0758. The van der Waals surface area contributed by atoms with E-state index in [9.17, 15) is 14.4 Å². The number of nitrogens with two attached hydrogens (primary N) is 1. The molecule has 0 radical (unpaired) electrons. The van der Waals surface area contributed by atoms with Crippen LogP contribution in [0.15, 0.2) is 33.6 Å². The van der Waals surface area contributed by atoms with Gasteiger partial charge in [0.05, 0.1) is 37.2 Å². The van der Waals surface area contributed by atoms with Crippen LogP contribution in [0, 0.1) is 11.8 Å². The second kappa shape index (κ2) is 12.9. The van der Waals surface area contributed by atoms with Crippen LogP contribution in [-0.2, 0) is 20.8 Å². The monoisotopic (exact) mass is 613 g/mol. The Labute approximate surface area is 254 Å². The first kappa shape index (κ1) is 30.1. The molecule has 0 spiro atoms. The third-order valence-corrected chi connectivity index (χ3v) is 9.62. The van der Waals surface area contributed by atoms with Crippen molar-refractivity contribution < 1.29 is 33.4 Å². The number of aryl methyl sites for hydroxylation is 1. The second-order valence-electron chi connectivity index (χ2n) is 11.0. The number of carboxylic acid groups (broad SMARTS) is 1. The average molecular weight is 614 g/mol. The van der Waals surface area contributed by atoms with E-state index in [-0.39, 0.29) is 11.9 Å². The van der Waals surface area contributed by atoms with Crippen molar-refractivity contribution in [2.75, 3.05) is 20.8 Å². The first-order valence-electron chi connectivity index (χ1n) is 14.1. The maximum absolute atomic E-state index is 13.6. The lowest BCUT2D eigenvalue weighted by atomic mass is 9.94. The van der Waals surface area contributed by atoms with Gasteiger partial charge >= 0.3 is 5.97 Å². The summed E-state index contributed by atoms with van der Waals surface area (Å²) in [5, 5.41) is 11.6. The van der Waals surface area contributed by atoms with Crippen LogP contribution in [0.2, 0.25) is 0 Å². The maximum atomic E-state index is 13.6. The standard InChI is InChI=1S/C30H35N3O7S2/c1-38-19-7-8-20(24(13-19)39-2)25-12-18(4-3-9-32-28(36)21(31)14-27(34)35)23(40-25)15-26-29(37)33(30(41)42-26)22-11-16-5-6-17(22)10-16/h7-8,12-13,15-17,21-22H,3-6,9-11,14,31H2,1-2H3,(H,32,36)(H,34,35)/b26-15-/t16-,17-,21-,22-/m0/s1. The zero-order valence-electron chi connectivity index (χ0n) is 23.6. The number of amides is 2. The van der Waals surface area contributed by atoms with Crippen molar-refractivity contribution in [2.24, 2.45) is 17.6 Å². The Morgan fingerprint density at radius 2 is 2.07 bits per heavy atom. The van der Waals surface area contributed by atoms with E-state index in [2.05, 4.69) is 5.32 Å². The van der Waals surface area contributed by atoms with Gasteiger partial charge in [-0.15, -0.1) is 0 Å². The largest absolute Gasteiger partial charge is 0.497 e. The SMILES string of the molecule is COc1ccc(-c2cc(CCCNC(=O)[C@@H](N)CC(=O)O)c(/C=C3\SC(=S)N([C@H]4C[C@H]5CC[C@H]4C5)C3=O)o2)c(OC)c1. The fourth-order valence-electron chi connectivity index (χ4n) is 6.21. The molecule has 224 valence electrons. The molecular formula is C30H35N3O7S2. The summed E-state index contributed by atoms with van der Waals surface area (Å²) < 4.78 is 17.8. The van der Waals surface area contributed by atoms with Crippen molar-refractivity contribution >= 4 is 52.2 Å². The van der Waals surface area contributed by atoms with Gasteiger partial charge in [-0.05, 0) is 67.7 Å². The number of thiocarbonyl (C=S) groups is 1. The predicted molar refractivity (Wildman–Crippen MR) is 163 cm³/mol. The van der Waals surface area contributed by atoms with Crippen LogP contribution in [0.3, 0.4) is 0 Å². The molecule has 3 aliphatic rings. The summed E-state index contributed by atoms with van der Waals surface area (Å²) >= 11 is 6.98. The van der Waals surface area contributed by atoms with Gasteiger partial charge in [-0.25, -0.2) is 0 Å². The Kier molecular flexibility index (Phi) is 9.24. The number of benzene rings is 1. The van der Waals surface area contributed by atoms with Crippen LogP contribution < -0.4 is 20.5 Å². The number of hydrogen-bond donors (Lipinski definition) is 3. The molecule has 1 aromatic carbocycles. The molecule has 3 fully saturated rings. The smallest absolute Gasteiger partial charge is 0.305 e. The van der Waals surface area contributed by atoms with E-state index in [1.807, 2.05) is 23.1 Å². The first-order chi connectivity index (χ1) is 20.2. The van der Waals surface area contributed by atoms with Crippen LogP contribution in [0.4, 0.5) is 0 Å². The number of nitrogens with zero attached hydrogens (tertiary/aromatic N) is 1. The molecule has 42 heavy (non-hydrogen) atoms. The van der Waals surface area contributed by atoms with Crippen LogP contribution in [0.1, 0.15) is 49.8 Å². The van der Waals surface area contributed by atoms with Crippen molar-refractivity contribution in [3.8, 4) is 22.8 Å². The number of nitrogens with one attached hydrogen (secondary N) is 1. The summed E-state index contributed by atoms with van der Waals surface area (Å²) in [5.74, 6) is 1.79. The zero-order valence-corrected chi connectivity index (χ0v) is 25.2. The molecule has 1 aliphatic heterocycles. The molecule has 2 saturated carbocycles. The molecule has 4 N–H and O–H groups in total. The van der Waals surface area contributed by atoms with Gasteiger partial charge in [0, 0.05) is 24.7 Å². The van der Waals surface area contributed by atoms with Gasteiger partial charge in [-0.2, -0.15) is 0 Å². The number of carbonyl (C=O) groups excluding carboxylic acids is 2. The van der Waals surface area contributed by atoms with Gasteiger partial charge in [-0.3, -0.25) is 19.3 Å². The number of fused-ring (bicyclic) bond motifs is 2. The van der Waals surface area contributed by atoms with Gasteiger partial charge in [0.25, 0.3) is 5.91 Å². The average Bonchev–Trinajstić information content (AvgIpc) is 3.75. The summed E-state index contributed by atoms with van der Waals surface area (Å²) in [6, 6.07) is 6.41. The fraction of sp³-hybridized carbons (Fsp3) is 0.467. The highest BCUT2D eigenvalue weighted by Crippen LogP contribution is 2.49. The van der Waals surface area contributed by atoms with Crippen LogP contribution in [0.5, 0.6) is 11.5 Å². The topological polar surface area (TPSA) is 144 Å². The van der Waals surface area contributed by atoms with Crippen molar-refractivity contribution in [3.63, 3.8) is 0 Å². The van der Waals surface area contributed by atoms with Crippen molar-refractivity contribution in [1.82, 2.24) is 10.2 Å². The van der Waals surface area contributed by atoms with Crippen molar-refractivity contribution in [1.29, 1.82) is 0 Å². The minimum Gasteiger partial charge on any atom is -0.497 e. The van der Waals surface area contributed by atoms with Crippen LogP contribution in [-0.4, -0.2) is 65.0 Å². The molecule has 2 aromatic rings. The highest BCUT2D eigenvalue weighted by molar-refractivity contribution is 8.26. The Hall–Kier alpha value is -3.35. The van der Waals surface area contributed by atoms with E-state index in [0.717, 1.165) is 24.0 Å². The minimum atomic E-state index is -1.13. The molecule has 10 nitrogen and oxygen atoms in total. The summed E-state index contributed by atoms with van der Waals surface area (Å²) in [4.78, 5) is 38.9. The Bertz CT molecular complexity index is 1420. The molecular weight excluding hydrogens is 578 g/mol. The van der Waals surface area contributed by atoms with E-state index < -0.39 is 24.3 Å². The molecule has 4 atom stereocenters. The molecule has 2 amide bonds. The number of hydrogen-bond acceptors (Lipinski definition) is 9. The third-order valence-electron chi connectivity index (χ3n) is 8.29. The van der Waals surface area contributed by atoms with E-state index in [0.29, 0.717) is 63.5 Å². The number of thioether (sulfide) groups is 1. The lowest BCUT2D eigenvalue weighted by molar-refractivity contribution is -0.139. The predicted octanol–water partition coefficient (Wildman–Crippen LogP) is 4.20.